The molecule has 3 heteroatoms. The first-order valence-electron chi connectivity index (χ1n) is 6.95. The van der Waals surface area contributed by atoms with Crippen molar-refractivity contribution < 1.29 is 13.9 Å². The Morgan fingerprint density at radius 3 is 2.53 bits per heavy atom. The van der Waals surface area contributed by atoms with Crippen molar-refractivity contribution in [3.8, 4) is 0 Å². The number of methoxy groups -OCH3 is 1. The normalized spacial score (nSPS) is 9.53. The summed E-state index contributed by atoms with van der Waals surface area (Å²) in [6.45, 7) is 5.96. The van der Waals surface area contributed by atoms with Crippen LogP contribution >= 0.6 is 0 Å². The third-order valence-electron chi connectivity index (χ3n) is 2.76. The minimum Gasteiger partial charge on any atom is -0.469 e. The van der Waals surface area contributed by atoms with Gasteiger partial charge in [-0.15, -0.1) is 0 Å². The van der Waals surface area contributed by atoms with Gasteiger partial charge >= 0.3 is 5.97 Å². The molecule has 0 fully saturated rings. The topological polar surface area (TPSA) is 26.3 Å². The number of ether oxygens (including phenoxy) is 1. The zero-order valence-corrected chi connectivity index (χ0v) is 12.5. The van der Waals surface area contributed by atoms with Gasteiger partial charge in [0.2, 0.25) is 0 Å². The Morgan fingerprint density at radius 1 is 1.21 bits per heavy atom. The molecular weight excluding hydrogens is 243 g/mol. The molecule has 0 bridgehead atoms. The molecular formula is C16H25FO2. The molecule has 1 rings (SSSR count). The number of aryl methyl sites for hydroxylation is 2. The molecule has 0 aromatic heterocycles. The molecule has 19 heavy (non-hydrogen) atoms. The molecule has 0 heterocycles. The predicted molar refractivity (Wildman–Crippen MR) is 76.7 cm³/mol. The second-order valence-electron chi connectivity index (χ2n) is 4.23. The number of benzene rings is 1. The van der Waals surface area contributed by atoms with Gasteiger partial charge in [0.25, 0.3) is 0 Å². The third-order valence-corrected chi connectivity index (χ3v) is 2.76. The fraction of sp³-hybridized carbons (Fsp3) is 0.562. The van der Waals surface area contributed by atoms with Crippen molar-refractivity contribution in [2.24, 2.45) is 0 Å². The van der Waals surface area contributed by atoms with Crippen molar-refractivity contribution in [1.82, 2.24) is 0 Å². The van der Waals surface area contributed by atoms with Crippen LogP contribution in [0.4, 0.5) is 4.39 Å². The van der Waals surface area contributed by atoms with E-state index < -0.39 is 0 Å². The average molecular weight is 268 g/mol. The van der Waals surface area contributed by atoms with Gasteiger partial charge in [0.15, 0.2) is 0 Å². The van der Waals surface area contributed by atoms with E-state index in [-0.39, 0.29) is 11.8 Å². The van der Waals surface area contributed by atoms with Crippen LogP contribution in [0.1, 0.15) is 50.7 Å². The standard InChI is InChI=1S/C14H19FO2.C2H6/c1-11-8-9-13(15)12(10-11)6-4-3-5-7-14(16)17-2;1-2/h8-10H,3-7H2,1-2H3;1-2H3. The number of halogens is 1. The second-order valence-corrected chi connectivity index (χ2v) is 4.23. The van der Waals surface area contributed by atoms with Gasteiger partial charge in [0.1, 0.15) is 5.82 Å². The van der Waals surface area contributed by atoms with Crippen LogP contribution in [0.2, 0.25) is 0 Å². The summed E-state index contributed by atoms with van der Waals surface area (Å²) in [5.74, 6) is -0.310. The fourth-order valence-corrected chi connectivity index (χ4v) is 1.76. The zero-order valence-electron chi connectivity index (χ0n) is 12.5. The SMILES string of the molecule is CC.COC(=O)CCCCCc1cc(C)ccc1F. The first-order valence-corrected chi connectivity index (χ1v) is 6.95. The van der Waals surface area contributed by atoms with Crippen LogP contribution < -0.4 is 0 Å². The number of unbranched alkanes of at least 4 members (excludes halogenated alkanes) is 2. The third kappa shape index (κ3) is 7.60. The maximum Gasteiger partial charge on any atom is 0.305 e. The van der Waals surface area contributed by atoms with E-state index in [0.717, 1.165) is 36.8 Å². The van der Waals surface area contributed by atoms with Gasteiger partial charge in [0.05, 0.1) is 7.11 Å². The van der Waals surface area contributed by atoms with Crippen LogP contribution in [0.15, 0.2) is 18.2 Å². The van der Waals surface area contributed by atoms with Gasteiger partial charge in [-0.2, -0.15) is 0 Å². The summed E-state index contributed by atoms with van der Waals surface area (Å²) in [6, 6.07) is 5.17. The Balaban J connectivity index is 0.00000154. The summed E-state index contributed by atoms with van der Waals surface area (Å²) < 4.78 is 17.9. The molecule has 0 aliphatic heterocycles. The number of hydrogen-bond donors (Lipinski definition) is 0. The molecule has 0 unspecified atom stereocenters. The maximum atomic E-state index is 13.4. The minimum atomic E-state index is -0.174. The Morgan fingerprint density at radius 2 is 1.89 bits per heavy atom. The molecule has 2 nitrogen and oxygen atoms in total. The van der Waals surface area contributed by atoms with E-state index in [1.807, 2.05) is 26.8 Å². The lowest BCUT2D eigenvalue weighted by Gasteiger charge is -2.04. The van der Waals surface area contributed by atoms with Gasteiger partial charge in [-0.25, -0.2) is 4.39 Å². The molecule has 0 aliphatic carbocycles. The van der Waals surface area contributed by atoms with E-state index in [9.17, 15) is 9.18 Å². The highest BCUT2D eigenvalue weighted by Gasteiger charge is 2.03. The average Bonchev–Trinajstić information content (AvgIpc) is 2.44. The summed E-state index contributed by atoms with van der Waals surface area (Å²) >= 11 is 0. The Labute approximate surface area is 116 Å². The molecule has 1 aromatic rings. The fourth-order valence-electron chi connectivity index (χ4n) is 1.76. The summed E-state index contributed by atoms with van der Waals surface area (Å²) in [5, 5.41) is 0. The Kier molecular flexibility index (Phi) is 9.77. The Hall–Kier alpha value is -1.38. The molecule has 0 saturated heterocycles. The highest BCUT2D eigenvalue weighted by molar-refractivity contribution is 5.68. The first kappa shape index (κ1) is 17.6. The highest BCUT2D eigenvalue weighted by Crippen LogP contribution is 2.14. The monoisotopic (exact) mass is 268 g/mol. The lowest BCUT2D eigenvalue weighted by atomic mass is 10.0. The predicted octanol–water partition coefficient (Wildman–Crippen LogP) is 4.44. The van der Waals surface area contributed by atoms with Gasteiger partial charge in [-0.05, 0) is 37.8 Å². The first-order chi connectivity index (χ1) is 9.13. The van der Waals surface area contributed by atoms with E-state index in [1.54, 1.807) is 6.07 Å². The Bertz CT molecular complexity index is 375. The quantitative estimate of drug-likeness (QED) is 0.563. The molecule has 1 aromatic carbocycles. The number of rotatable bonds is 6. The van der Waals surface area contributed by atoms with Crippen molar-refractivity contribution in [3.05, 3.63) is 35.1 Å². The number of hydrogen-bond acceptors (Lipinski definition) is 2. The van der Waals surface area contributed by atoms with E-state index in [4.69, 9.17) is 0 Å². The maximum absolute atomic E-state index is 13.4. The number of carbonyl (C=O) groups is 1. The summed E-state index contributed by atoms with van der Waals surface area (Å²) in [7, 11) is 1.39. The second kappa shape index (κ2) is 10.5. The van der Waals surface area contributed by atoms with Crippen LogP contribution in [-0.2, 0) is 16.0 Å². The number of esters is 1. The van der Waals surface area contributed by atoms with Crippen molar-refractivity contribution in [2.45, 2.75) is 52.9 Å². The molecule has 0 amide bonds. The molecule has 0 spiro atoms. The summed E-state index contributed by atoms with van der Waals surface area (Å²) in [5.41, 5.74) is 1.85. The van der Waals surface area contributed by atoms with Crippen LogP contribution in [0.5, 0.6) is 0 Å². The van der Waals surface area contributed by atoms with E-state index in [0.29, 0.717) is 6.42 Å². The summed E-state index contributed by atoms with van der Waals surface area (Å²) in [4.78, 5) is 10.9. The van der Waals surface area contributed by atoms with Crippen LogP contribution in [-0.4, -0.2) is 13.1 Å². The van der Waals surface area contributed by atoms with E-state index in [2.05, 4.69) is 4.74 Å². The molecule has 108 valence electrons. The zero-order chi connectivity index (χ0) is 14.7. The van der Waals surface area contributed by atoms with E-state index in [1.165, 1.54) is 13.2 Å². The van der Waals surface area contributed by atoms with Crippen LogP contribution in [0.25, 0.3) is 0 Å². The van der Waals surface area contributed by atoms with E-state index >= 15 is 0 Å². The van der Waals surface area contributed by atoms with Gasteiger partial charge in [-0.3, -0.25) is 4.79 Å². The molecule has 0 aliphatic rings. The number of carbonyl (C=O) groups excluding carboxylic acids is 1. The summed E-state index contributed by atoms with van der Waals surface area (Å²) in [6.07, 6.45) is 3.81. The van der Waals surface area contributed by atoms with Crippen molar-refractivity contribution >= 4 is 5.97 Å². The van der Waals surface area contributed by atoms with Gasteiger partial charge < -0.3 is 4.74 Å². The molecule has 0 atom stereocenters. The van der Waals surface area contributed by atoms with Crippen molar-refractivity contribution in [1.29, 1.82) is 0 Å². The van der Waals surface area contributed by atoms with Crippen LogP contribution in [0, 0.1) is 12.7 Å². The van der Waals surface area contributed by atoms with Crippen molar-refractivity contribution in [2.75, 3.05) is 7.11 Å². The lowest BCUT2D eigenvalue weighted by molar-refractivity contribution is -0.140. The largest absolute Gasteiger partial charge is 0.469 e. The smallest absolute Gasteiger partial charge is 0.305 e. The highest BCUT2D eigenvalue weighted by atomic mass is 19.1. The molecule has 0 N–H and O–H groups in total. The lowest BCUT2D eigenvalue weighted by Crippen LogP contribution is -1.99. The molecule has 0 radical (unpaired) electrons. The van der Waals surface area contributed by atoms with Gasteiger partial charge in [0, 0.05) is 6.42 Å². The molecule has 0 saturated carbocycles. The van der Waals surface area contributed by atoms with Crippen molar-refractivity contribution in [3.63, 3.8) is 0 Å². The minimum absolute atomic E-state index is 0.136. The van der Waals surface area contributed by atoms with Crippen LogP contribution in [0.3, 0.4) is 0 Å². The van der Waals surface area contributed by atoms with Gasteiger partial charge in [-0.1, -0.05) is 38.0 Å².